The third-order valence-electron chi connectivity index (χ3n) is 6.96. The second kappa shape index (κ2) is 8.01. The van der Waals surface area contributed by atoms with Crippen LogP contribution in [-0.2, 0) is 5.41 Å². The first-order valence-corrected chi connectivity index (χ1v) is 12.0. The lowest BCUT2D eigenvalue weighted by molar-refractivity contribution is 0.196. The van der Waals surface area contributed by atoms with E-state index < -0.39 is 0 Å². The topological polar surface area (TPSA) is 104 Å². The molecule has 3 aromatic heterocycles. The number of halogens is 1. The number of rotatable bonds is 4. The largest absolute Gasteiger partial charge is 0.421 e. The van der Waals surface area contributed by atoms with Crippen molar-refractivity contribution in [1.82, 2.24) is 30.2 Å². The maximum Gasteiger partial charge on any atom is 0.326 e. The predicted molar refractivity (Wildman–Crippen MR) is 134 cm³/mol. The van der Waals surface area contributed by atoms with E-state index in [1.807, 2.05) is 0 Å². The van der Waals surface area contributed by atoms with E-state index in [1.165, 1.54) is 12.1 Å². The van der Waals surface area contributed by atoms with Crippen LogP contribution in [0.4, 0.5) is 15.9 Å². The Balaban J connectivity index is 1.46. The number of fused-ring (bicyclic) bond motifs is 4. The van der Waals surface area contributed by atoms with Crippen molar-refractivity contribution in [2.45, 2.75) is 38.6 Å². The fourth-order valence-electron chi connectivity index (χ4n) is 4.97. The summed E-state index contributed by atoms with van der Waals surface area (Å²) in [4.78, 5) is 24.0. The van der Waals surface area contributed by atoms with Crippen molar-refractivity contribution in [2.24, 2.45) is 5.92 Å². The van der Waals surface area contributed by atoms with Crippen LogP contribution in [0.3, 0.4) is 0 Å². The smallest absolute Gasteiger partial charge is 0.326 e. The fourth-order valence-corrected chi connectivity index (χ4v) is 4.97. The van der Waals surface area contributed by atoms with E-state index in [-0.39, 0.29) is 17.2 Å². The highest BCUT2D eigenvalue weighted by molar-refractivity contribution is 6.14. The Kier molecular flexibility index (Phi) is 5.03. The second-order valence-corrected chi connectivity index (χ2v) is 10.4. The van der Waals surface area contributed by atoms with Crippen molar-refractivity contribution in [1.29, 1.82) is 0 Å². The molecule has 0 radical (unpaired) electrons. The van der Waals surface area contributed by atoms with Gasteiger partial charge < -0.3 is 25.3 Å². The Morgan fingerprint density at radius 2 is 1.97 bits per heavy atom. The van der Waals surface area contributed by atoms with Crippen LogP contribution in [0, 0.1) is 11.7 Å². The molecule has 9 nitrogen and oxygen atoms in total. The fraction of sp³-hybridized carbons (Fsp3) is 0.440. The van der Waals surface area contributed by atoms with Gasteiger partial charge in [-0.3, -0.25) is 0 Å². The highest BCUT2D eigenvalue weighted by Crippen LogP contribution is 2.39. The van der Waals surface area contributed by atoms with E-state index in [2.05, 4.69) is 56.2 Å². The van der Waals surface area contributed by atoms with Crippen LogP contribution in [0.25, 0.3) is 21.9 Å². The van der Waals surface area contributed by atoms with Crippen molar-refractivity contribution in [3.8, 4) is 11.8 Å². The number of aromatic nitrogens is 5. The summed E-state index contributed by atoms with van der Waals surface area (Å²) >= 11 is 0. The van der Waals surface area contributed by atoms with E-state index >= 15 is 0 Å². The van der Waals surface area contributed by atoms with Crippen LogP contribution in [-0.4, -0.2) is 57.6 Å². The lowest BCUT2D eigenvalue weighted by atomic mass is 9.85. The van der Waals surface area contributed by atoms with E-state index in [9.17, 15) is 4.39 Å². The zero-order valence-electron chi connectivity index (χ0n) is 20.3. The first-order valence-electron chi connectivity index (χ1n) is 12.0. The number of anilines is 2. The van der Waals surface area contributed by atoms with Crippen LogP contribution in [0.2, 0.25) is 0 Å². The molecule has 1 aromatic carbocycles. The molecule has 0 aliphatic carbocycles. The number of aromatic amines is 1. The Morgan fingerprint density at radius 3 is 2.63 bits per heavy atom. The molecule has 5 heterocycles. The molecule has 2 fully saturated rings. The van der Waals surface area contributed by atoms with E-state index in [4.69, 9.17) is 9.72 Å². The monoisotopic (exact) mass is 476 g/mol. The van der Waals surface area contributed by atoms with Gasteiger partial charge in [0.15, 0.2) is 5.75 Å². The molecule has 2 unspecified atom stereocenters. The molecular weight excluding hydrogens is 447 g/mol. The zero-order chi connectivity index (χ0) is 24.3. The second-order valence-electron chi connectivity index (χ2n) is 10.4. The van der Waals surface area contributed by atoms with Gasteiger partial charge in [-0.15, -0.1) is 0 Å². The van der Waals surface area contributed by atoms with Crippen LogP contribution in [0.5, 0.6) is 11.8 Å². The van der Waals surface area contributed by atoms with E-state index in [0.29, 0.717) is 29.0 Å². The third kappa shape index (κ3) is 3.81. The summed E-state index contributed by atoms with van der Waals surface area (Å²) in [5, 5.41) is 8.12. The van der Waals surface area contributed by atoms with Crippen LogP contribution in [0.1, 0.15) is 33.0 Å². The summed E-state index contributed by atoms with van der Waals surface area (Å²) in [6.07, 6.45) is 4.37. The summed E-state index contributed by atoms with van der Waals surface area (Å²) in [6, 6.07) is 3.64. The minimum absolute atomic E-state index is 0.159. The number of nitrogens with zero attached hydrogens (tertiary/aromatic N) is 5. The molecule has 10 heteroatoms. The van der Waals surface area contributed by atoms with Gasteiger partial charge >= 0.3 is 6.01 Å². The lowest BCUT2D eigenvalue weighted by Gasteiger charge is -2.46. The number of ether oxygens (including phenoxy) is 1. The Morgan fingerprint density at radius 1 is 1.17 bits per heavy atom. The summed E-state index contributed by atoms with van der Waals surface area (Å²) in [5.41, 5.74) is 1.88. The Bertz CT molecular complexity index is 1410. The number of H-pyrrole nitrogens is 1. The minimum atomic E-state index is -0.315. The number of hydrogen-bond acceptors (Lipinski definition) is 8. The molecule has 6 rings (SSSR count). The van der Waals surface area contributed by atoms with Gasteiger partial charge in [0.05, 0.1) is 29.0 Å². The first kappa shape index (κ1) is 22.0. The normalized spacial score (nSPS) is 20.1. The van der Waals surface area contributed by atoms with Gasteiger partial charge in [-0.2, -0.15) is 9.97 Å². The molecule has 2 aliphatic heterocycles. The van der Waals surface area contributed by atoms with Crippen molar-refractivity contribution in [3.63, 3.8) is 0 Å². The number of hydrogen-bond donors (Lipinski definition) is 3. The van der Waals surface area contributed by atoms with Crippen LogP contribution >= 0.6 is 0 Å². The molecule has 2 atom stereocenters. The highest BCUT2D eigenvalue weighted by atomic mass is 19.1. The molecule has 0 amide bonds. The molecule has 0 bridgehead atoms. The van der Waals surface area contributed by atoms with E-state index in [1.54, 1.807) is 19.4 Å². The number of nitrogens with one attached hydrogen (secondary N) is 3. The lowest BCUT2D eigenvalue weighted by Crippen LogP contribution is -2.62. The Labute approximate surface area is 202 Å². The molecule has 35 heavy (non-hydrogen) atoms. The maximum atomic E-state index is 14.5. The van der Waals surface area contributed by atoms with Crippen molar-refractivity contribution >= 4 is 33.4 Å². The minimum Gasteiger partial charge on any atom is -0.421 e. The predicted octanol–water partition coefficient (Wildman–Crippen LogP) is 3.97. The summed E-state index contributed by atoms with van der Waals surface area (Å²) in [7, 11) is 1.77. The van der Waals surface area contributed by atoms with Gasteiger partial charge in [0.2, 0.25) is 0 Å². The molecular formula is C25H29FN8O. The van der Waals surface area contributed by atoms with Gasteiger partial charge in [-0.05, 0) is 31.0 Å². The van der Waals surface area contributed by atoms with Crippen molar-refractivity contribution in [3.05, 3.63) is 36.2 Å². The SMILES string of the molecule is CNc1cc(F)cc2c1[nH]c1nc(Oc3cnc(C(C)(C)C)nc3)nc(N3CCC4CNC4C3)c12. The van der Waals surface area contributed by atoms with E-state index in [0.717, 1.165) is 54.0 Å². The summed E-state index contributed by atoms with van der Waals surface area (Å²) in [5.74, 6) is 2.32. The third-order valence-corrected chi connectivity index (χ3v) is 6.96. The van der Waals surface area contributed by atoms with Crippen molar-refractivity contribution < 1.29 is 9.13 Å². The molecule has 2 aliphatic rings. The number of piperidine rings is 1. The van der Waals surface area contributed by atoms with Crippen LogP contribution in [0.15, 0.2) is 24.5 Å². The maximum absolute atomic E-state index is 14.5. The summed E-state index contributed by atoms with van der Waals surface area (Å²) in [6.45, 7) is 8.96. The quantitative estimate of drug-likeness (QED) is 0.407. The van der Waals surface area contributed by atoms with Gasteiger partial charge in [0.25, 0.3) is 0 Å². The van der Waals surface area contributed by atoms with Crippen LogP contribution < -0.4 is 20.3 Å². The molecule has 3 N–H and O–H groups in total. The van der Waals surface area contributed by atoms with Crippen molar-refractivity contribution in [2.75, 3.05) is 36.9 Å². The zero-order valence-corrected chi connectivity index (χ0v) is 20.3. The Hall–Kier alpha value is -3.53. The summed E-state index contributed by atoms with van der Waals surface area (Å²) < 4.78 is 20.5. The molecule has 0 saturated carbocycles. The standard InChI is InChI=1S/C25H29FN8O/c1-25(2,3)23-29-10-15(11-30-23)35-24-32-21-19(16-7-14(26)8-17(27-4)20(16)31-21)22(33-24)34-6-5-13-9-28-18(13)12-34/h7-8,10-11,13,18,27-28H,5-6,9,12H2,1-4H3,(H,31,32,33). The first-order chi connectivity index (χ1) is 16.8. The van der Waals surface area contributed by atoms with Gasteiger partial charge in [0, 0.05) is 37.0 Å². The molecule has 0 spiro atoms. The molecule has 182 valence electrons. The number of benzene rings is 1. The average molecular weight is 477 g/mol. The molecule has 2 saturated heterocycles. The van der Waals surface area contributed by atoms with Gasteiger partial charge in [0.1, 0.15) is 23.1 Å². The molecule has 4 aromatic rings. The van der Waals surface area contributed by atoms with Gasteiger partial charge in [-0.25, -0.2) is 14.4 Å². The highest BCUT2D eigenvalue weighted by Gasteiger charge is 2.37. The average Bonchev–Trinajstić information content (AvgIpc) is 3.17. The van der Waals surface area contributed by atoms with Gasteiger partial charge in [-0.1, -0.05) is 20.8 Å².